The fraction of sp³-hybridized carbons (Fsp3) is 0.222. The lowest BCUT2D eigenvalue weighted by Gasteiger charge is -2.16. The number of aryl methyl sites for hydroxylation is 1. The summed E-state index contributed by atoms with van der Waals surface area (Å²) < 4.78 is 14.9. The summed E-state index contributed by atoms with van der Waals surface area (Å²) in [4.78, 5) is 26.0. The van der Waals surface area contributed by atoms with Crippen LogP contribution in [-0.4, -0.2) is 51.8 Å². The first-order valence-corrected chi connectivity index (χ1v) is 18.8. The van der Waals surface area contributed by atoms with E-state index in [-0.39, 0.29) is 42.3 Å². The fourth-order valence-electron chi connectivity index (χ4n) is 5.26. The molecule has 7 rings (SSSR count). The monoisotopic (exact) mass is 948 g/mol. The lowest BCUT2D eigenvalue weighted by Crippen LogP contribution is -2.33. The Morgan fingerprint density at radius 3 is 1.82 bits per heavy atom. The minimum Gasteiger partial charge on any atom is -0.504 e. The van der Waals surface area contributed by atoms with Crippen LogP contribution in [0.1, 0.15) is 34.2 Å². The second-order valence-corrected chi connectivity index (χ2v) is 15.1. The van der Waals surface area contributed by atoms with Crippen molar-refractivity contribution >= 4 is 87.0 Å². The Labute approximate surface area is 327 Å². The molecule has 4 aromatic carbocycles. The zero-order chi connectivity index (χ0) is 36.7. The fourth-order valence-corrected chi connectivity index (χ4v) is 7.70. The quantitative estimate of drug-likeness (QED) is 0.0873. The zero-order valence-electron chi connectivity index (χ0n) is 27.1. The molecule has 0 fully saturated rings. The summed E-state index contributed by atoms with van der Waals surface area (Å²) in [6.07, 6.45) is 1.76. The van der Waals surface area contributed by atoms with Gasteiger partial charge in [-0.15, -0.1) is 0 Å². The molecule has 0 saturated carbocycles. The molecule has 0 radical (unpaired) electrons. The molecule has 0 atom stereocenters. The molecule has 3 aliphatic heterocycles. The van der Waals surface area contributed by atoms with Crippen LogP contribution < -0.4 is 20.1 Å². The summed E-state index contributed by atoms with van der Waals surface area (Å²) in [6, 6.07) is 17.7. The van der Waals surface area contributed by atoms with Gasteiger partial charge in [-0.25, -0.2) is 0 Å². The number of phenolic OH excluding ortho intramolecular Hbond substituents is 1. The van der Waals surface area contributed by atoms with Crippen molar-refractivity contribution in [3.63, 3.8) is 0 Å². The van der Waals surface area contributed by atoms with E-state index in [9.17, 15) is 25.1 Å². The summed E-state index contributed by atoms with van der Waals surface area (Å²) in [5.41, 5.74) is 3.76. The molecular weight excluding hydrogens is 920 g/mol. The van der Waals surface area contributed by atoms with Gasteiger partial charge in [-0.1, -0.05) is 38.4 Å². The van der Waals surface area contributed by atoms with E-state index in [0.29, 0.717) is 67.6 Å². The summed E-state index contributed by atoms with van der Waals surface area (Å²) >= 11 is 14.3. The van der Waals surface area contributed by atoms with E-state index in [1.54, 1.807) is 36.4 Å². The van der Waals surface area contributed by atoms with Gasteiger partial charge in [0.2, 0.25) is 0 Å². The number of aromatic hydroxyl groups is 1. The first-order chi connectivity index (χ1) is 24.4. The number of rotatable bonds is 0. The second kappa shape index (κ2) is 17.5. The Balaban J connectivity index is 1.44. The van der Waals surface area contributed by atoms with Crippen LogP contribution in [0.5, 0.6) is 28.7 Å². The van der Waals surface area contributed by atoms with Gasteiger partial charge in [-0.05, 0) is 145 Å². The molecule has 4 aromatic rings. The van der Waals surface area contributed by atoms with Crippen LogP contribution in [0, 0.1) is 6.92 Å². The number of phenols is 1. The molecule has 0 aliphatic carbocycles. The number of carbonyl (C=O) groups is 2. The van der Waals surface area contributed by atoms with Crippen molar-refractivity contribution < 1.29 is 34.6 Å². The van der Waals surface area contributed by atoms with Crippen LogP contribution in [0.15, 0.2) is 88.9 Å². The maximum Gasteiger partial charge on any atom is 0.269 e. The summed E-state index contributed by atoms with van der Waals surface area (Å²) in [5, 5.41) is 42.1. The average Bonchev–Trinajstić information content (AvgIpc) is 3.09. The smallest absolute Gasteiger partial charge is 0.269 e. The third-order valence-corrected chi connectivity index (χ3v) is 10.6. The summed E-state index contributed by atoms with van der Waals surface area (Å²) in [7, 11) is 0. The Bertz CT molecular complexity index is 2010. The van der Waals surface area contributed by atoms with Gasteiger partial charge in [-0.3, -0.25) is 9.59 Å². The number of oxime groups is 2. The normalized spacial score (nSPS) is 16.4. The van der Waals surface area contributed by atoms with Gasteiger partial charge in [0.15, 0.2) is 17.2 Å². The van der Waals surface area contributed by atoms with Crippen LogP contribution in [0.3, 0.4) is 0 Å². The van der Waals surface area contributed by atoms with Crippen molar-refractivity contribution in [1.82, 2.24) is 10.6 Å². The molecule has 0 aromatic heterocycles. The van der Waals surface area contributed by atoms with E-state index in [0.717, 1.165) is 21.2 Å². The number of carbonyl (C=O) groups excluding carboxylic acids is 2. The Morgan fingerprint density at radius 2 is 1.18 bits per heavy atom. The number of hydrogen-bond donors (Lipinski definition) is 5. The Hall–Kier alpha value is -3.92. The van der Waals surface area contributed by atoms with Gasteiger partial charge in [0, 0.05) is 36.0 Å². The molecule has 11 nitrogen and oxygen atoms in total. The van der Waals surface area contributed by atoms with E-state index in [1.807, 2.05) is 25.1 Å². The number of hydrogen-bond acceptors (Lipinski definition) is 9. The number of halogens is 4. The predicted octanol–water partition coefficient (Wildman–Crippen LogP) is 8.50. The number of ether oxygens (including phenoxy) is 2. The van der Waals surface area contributed by atoms with E-state index in [2.05, 4.69) is 84.7 Å². The number of amides is 2. The van der Waals surface area contributed by atoms with Crippen molar-refractivity contribution in [2.75, 3.05) is 13.1 Å². The summed E-state index contributed by atoms with van der Waals surface area (Å²) in [5.74, 6) is 0.604. The van der Waals surface area contributed by atoms with Crippen LogP contribution in [0.2, 0.25) is 0 Å². The van der Waals surface area contributed by atoms with Crippen molar-refractivity contribution in [1.29, 1.82) is 0 Å². The summed E-state index contributed by atoms with van der Waals surface area (Å²) in [6.45, 7) is 2.46. The predicted molar refractivity (Wildman–Crippen MR) is 207 cm³/mol. The van der Waals surface area contributed by atoms with Crippen molar-refractivity contribution in [3.8, 4) is 28.7 Å². The van der Waals surface area contributed by atoms with E-state index < -0.39 is 11.8 Å². The number of benzene rings is 4. The van der Waals surface area contributed by atoms with Crippen LogP contribution in [0.25, 0.3) is 0 Å². The Kier molecular flexibility index (Phi) is 13.2. The highest BCUT2D eigenvalue weighted by atomic mass is 79.9. The van der Waals surface area contributed by atoms with Gasteiger partial charge < -0.3 is 35.6 Å². The standard InChI is InChI=1S/C36H32Br4N4O7/c1-19-24(37)12-23-16-29(44-49)36(47)42-10-8-21-4-6-30(45)33(17-21)50-31-7-5-20(11-25(31)38)3-2-9-41-35(46)28(43-48)15-22-13-26(39)34(27(40)14-22)51-32(19)18-23/h4-7,11-14,17-18,45,48-49H,2-3,8-10,15-16H2,1H3,(H,41,46)(H,42,47)/b43-28?,44-29+. The third-order valence-electron chi connectivity index (χ3n) is 8.00. The highest BCUT2D eigenvalue weighted by Crippen LogP contribution is 2.41. The van der Waals surface area contributed by atoms with Gasteiger partial charge in [0.25, 0.3) is 11.8 Å². The molecule has 0 unspecified atom stereocenters. The zero-order valence-corrected chi connectivity index (χ0v) is 33.4. The van der Waals surface area contributed by atoms with Crippen molar-refractivity contribution in [2.45, 2.75) is 39.0 Å². The molecule has 0 spiro atoms. The van der Waals surface area contributed by atoms with E-state index in [1.165, 1.54) is 6.07 Å². The molecule has 5 N–H and O–H groups in total. The maximum absolute atomic E-state index is 13.1. The van der Waals surface area contributed by atoms with Crippen LogP contribution in [0.4, 0.5) is 0 Å². The maximum atomic E-state index is 13.1. The largest absolute Gasteiger partial charge is 0.504 e. The van der Waals surface area contributed by atoms with Crippen LogP contribution >= 0.6 is 63.7 Å². The molecule has 3 aliphatic rings. The Morgan fingerprint density at radius 1 is 0.627 bits per heavy atom. The highest BCUT2D eigenvalue weighted by Gasteiger charge is 2.20. The second-order valence-electron chi connectivity index (χ2n) is 11.7. The molecular formula is C36H32Br4N4O7. The lowest BCUT2D eigenvalue weighted by atomic mass is 10.0. The van der Waals surface area contributed by atoms with Gasteiger partial charge in [-0.2, -0.15) is 0 Å². The van der Waals surface area contributed by atoms with E-state index in [4.69, 9.17) is 9.47 Å². The molecule has 266 valence electrons. The van der Waals surface area contributed by atoms with Crippen molar-refractivity contribution in [2.24, 2.45) is 10.3 Å². The van der Waals surface area contributed by atoms with Gasteiger partial charge >= 0.3 is 0 Å². The highest BCUT2D eigenvalue weighted by molar-refractivity contribution is 9.11. The molecule has 51 heavy (non-hydrogen) atoms. The van der Waals surface area contributed by atoms with E-state index >= 15 is 0 Å². The molecule has 8 bridgehead atoms. The molecule has 15 heteroatoms. The van der Waals surface area contributed by atoms with Crippen molar-refractivity contribution in [3.05, 3.63) is 106 Å². The minimum absolute atomic E-state index is 0.00898. The SMILES string of the molecule is Cc1c(Br)cc2cc1Oc1c(Br)cc(cc1Br)CC(=NO)C(=O)NCCCc1ccc(c(Br)c1)Oc1cc(ccc1O)CCNC(=O)/C(=N/O)C2. The topological polar surface area (TPSA) is 162 Å². The number of nitrogens with zero attached hydrogens (tertiary/aromatic N) is 2. The minimum atomic E-state index is -0.541. The number of fused-ring (bicyclic) bond motifs is 2. The third kappa shape index (κ3) is 9.90. The van der Waals surface area contributed by atoms with Gasteiger partial charge in [0.1, 0.15) is 22.9 Å². The average molecular weight is 952 g/mol. The molecule has 0 saturated heterocycles. The van der Waals surface area contributed by atoms with Gasteiger partial charge in [0.05, 0.1) is 13.4 Å². The van der Waals surface area contributed by atoms with Crippen LogP contribution in [-0.2, 0) is 35.3 Å². The lowest BCUT2D eigenvalue weighted by molar-refractivity contribution is -0.115. The molecule has 3 heterocycles. The molecule has 2 amide bonds. The first-order valence-electron chi connectivity index (χ1n) is 15.7. The number of nitrogens with one attached hydrogen (secondary N) is 2. The first kappa shape index (κ1) is 38.3.